The fourth-order valence-corrected chi connectivity index (χ4v) is 3.02. The van der Waals surface area contributed by atoms with E-state index in [9.17, 15) is 19.2 Å². The fraction of sp³-hybridized carbons (Fsp3) is 0.700. The van der Waals surface area contributed by atoms with Gasteiger partial charge in [-0.3, -0.25) is 19.2 Å². The zero-order valence-corrected chi connectivity index (χ0v) is 17.9. The predicted molar refractivity (Wildman–Crippen MR) is 104 cm³/mol. The Morgan fingerprint density at radius 1 is 0.967 bits per heavy atom. The van der Waals surface area contributed by atoms with Gasteiger partial charge in [-0.25, -0.2) is 0 Å². The molecule has 1 rings (SSSR count). The van der Waals surface area contributed by atoms with E-state index in [0.29, 0.717) is 13.0 Å². The second kappa shape index (κ2) is 13.0. The molecule has 0 saturated carbocycles. The Kier molecular flexibility index (Phi) is 11.1. The smallest absolute Gasteiger partial charge is 0.303 e. The number of hydrogen-bond acceptors (Lipinski definition) is 9. The summed E-state index contributed by atoms with van der Waals surface area (Å²) in [6.45, 7) is 8.60. The lowest BCUT2D eigenvalue weighted by Crippen LogP contribution is -2.66. The van der Waals surface area contributed by atoms with Gasteiger partial charge in [-0.15, -0.1) is 6.58 Å². The van der Waals surface area contributed by atoms with Crippen molar-refractivity contribution in [3.05, 3.63) is 12.7 Å². The lowest BCUT2D eigenvalue weighted by Gasteiger charge is -2.44. The van der Waals surface area contributed by atoms with Crippen LogP contribution in [0, 0.1) is 0 Å². The van der Waals surface area contributed by atoms with E-state index in [2.05, 4.69) is 11.9 Å². The molecule has 0 aromatic carbocycles. The average molecular weight is 429 g/mol. The third kappa shape index (κ3) is 8.91. The summed E-state index contributed by atoms with van der Waals surface area (Å²) < 4.78 is 27.4. The predicted octanol–water partition coefficient (Wildman–Crippen LogP) is 1.02. The van der Waals surface area contributed by atoms with Crippen LogP contribution in [0.25, 0.3) is 0 Å². The van der Waals surface area contributed by atoms with E-state index in [0.717, 1.165) is 12.8 Å². The highest BCUT2D eigenvalue weighted by Crippen LogP contribution is 2.28. The summed E-state index contributed by atoms with van der Waals surface area (Å²) in [5.41, 5.74) is 0. The number of esters is 3. The molecule has 0 unspecified atom stereocenters. The van der Waals surface area contributed by atoms with Crippen molar-refractivity contribution >= 4 is 23.8 Å². The minimum atomic E-state index is -1.12. The molecule has 0 radical (unpaired) electrons. The zero-order valence-electron chi connectivity index (χ0n) is 17.9. The molecule has 30 heavy (non-hydrogen) atoms. The van der Waals surface area contributed by atoms with Crippen LogP contribution in [0.4, 0.5) is 0 Å². The topological polar surface area (TPSA) is 126 Å². The number of nitrogens with one attached hydrogen (secondary N) is 1. The Balaban J connectivity index is 3.14. The highest BCUT2D eigenvalue weighted by molar-refractivity contribution is 5.73. The van der Waals surface area contributed by atoms with Crippen molar-refractivity contribution in [2.24, 2.45) is 0 Å². The average Bonchev–Trinajstić information content (AvgIpc) is 2.63. The van der Waals surface area contributed by atoms with E-state index < -0.39 is 54.5 Å². The van der Waals surface area contributed by atoms with E-state index >= 15 is 0 Å². The molecule has 1 aliphatic heterocycles. The Bertz CT molecular complexity index is 621. The standard InChI is InChI=1S/C20H31NO9/c1-6-7-8-9-10-26-20-17(21-12(2)22)19(29-15(5)25)18(28-14(4)24)16(30-20)11-27-13(3)23/h6,16-20H,1,7-11H2,2-5H3,(H,21,22)/t16-,17-,18+,19-,20-/m1/s1. The van der Waals surface area contributed by atoms with E-state index in [4.69, 9.17) is 23.7 Å². The Hall–Kier alpha value is -2.46. The summed E-state index contributed by atoms with van der Waals surface area (Å²) in [6, 6.07) is -0.941. The van der Waals surface area contributed by atoms with Crippen LogP contribution >= 0.6 is 0 Å². The number of unbranched alkanes of at least 4 members (excludes halogenated alkanes) is 2. The number of hydrogen-bond donors (Lipinski definition) is 1. The van der Waals surface area contributed by atoms with E-state index in [1.165, 1.54) is 27.7 Å². The van der Waals surface area contributed by atoms with E-state index in [1.54, 1.807) is 6.08 Å². The molecule has 1 amide bonds. The minimum absolute atomic E-state index is 0.256. The number of amides is 1. The normalized spacial score (nSPS) is 25.7. The van der Waals surface area contributed by atoms with Gasteiger partial charge in [-0.1, -0.05) is 6.08 Å². The molecule has 0 bridgehead atoms. The van der Waals surface area contributed by atoms with Gasteiger partial charge in [0.1, 0.15) is 18.8 Å². The molecular formula is C20H31NO9. The molecular weight excluding hydrogens is 398 g/mol. The molecule has 5 atom stereocenters. The van der Waals surface area contributed by atoms with Gasteiger partial charge in [-0.05, 0) is 19.3 Å². The van der Waals surface area contributed by atoms with Crippen molar-refractivity contribution in [2.75, 3.05) is 13.2 Å². The van der Waals surface area contributed by atoms with Crippen LogP contribution < -0.4 is 5.32 Å². The maximum Gasteiger partial charge on any atom is 0.303 e. The zero-order chi connectivity index (χ0) is 22.7. The van der Waals surface area contributed by atoms with Gasteiger partial charge >= 0.3 is 17.9 Å². The molecule has 170 valence electrons. The first-order chi connectivity index (χ1) is 14.1. The summed E-state index contributed by atoms with van der Waals surface area (Å²) in [7, 11) is 0. The number of carbonyl (C=O) groups excluding carboxylic acids is 4. The van der Waals surface area contributed by atoms with Crippen LogP contribution in [0.1, 0.15) is 47.0 Å². The lowest BCUT2D eigenvalue weighted by molar-refractivity contribution is -0.277. The van der Waals surface area contributed by atoms with Crippen molar-refractivity contribution in [2.45, 2.75) is 77.6 Å². The Morgan fingerprint density at radius 2 is 1.60 bits per heavy atom. The number of ether oxygens (including phenoxy) is 5. The first-order valence-corrected chi connectivity index (χ1v) is 9.78. The monoisotopic (exact) mass is 429 g/mol. The first kappa shape index (κ1) is 25.6. The molecule has 10 nitrogen and oxygen atoms in total. The molecule has 1 aliphatic rings. The minimum Gasteiger partial charge on any atom is -0.463 e. The Labute approximate surface area is 176 Å². The molecule has 10 heteroatoms. The van der Waals surface area contributed by atoms with Gasteiger partial charge in [0, 0.05) is 34.3 Å². The summed E-state index contributed by atoms with van der Waals surface area (Å²) in [5, 5.41) is 2.65. The third-order valence-electron chi connectivity index (χ3n) is 4.16. The van der Waals surface area contributed by atoms with E-state index in [1.807, 2.05) is 0 Å². The van der Waals surface area contributed by atoms with Crippen molar-refractivity contribution in [1.82, 2.24) is 5.32 Å². The molecule has 1 N–H and O–H groups in total. The molecule has 1 heterocycles. The van der Waals surface area contributed by atoms with Gasteiger partial charge in [0.05, 0.1) is 0 Å². The SMILES string of the molecule is C=CCCCCO[C@@H]1O[C@H](COC(C)=O)[C@H](OC(C)=O)[C@H](OC(C)=O)[C@H]1NC(C)=O. The second-order valence-corrected chi connectivity index (χ2v) is 6.88. The third-order valence-corrected chi connectivity index (χ3v) is 4.16. The molecule has 0 aromatic heterocycles. The van der Waals surface area contributed by atoms with Crippen LogP contribution in [-0.2, 0) is 42.9 Å². The van der Waals surface area contributed by atoms with Crippen LogP contribution in [0.5, 0.6) is 0 Å². The van der Waals surface area contributed by atoms with Crippen LogP contribution in [0.3, 0.4) is 0 Å². The van der Waals surface area contributed by atoms with Crippen molar-refractivity contribution in [3.8, 4) is 0 Å². The van der Waals surface area contributed by atoms with Crippen molar-refractivity contribution < 1.29 is 42.9 Å². The summed E-state index contributed by atoms with van der Waals surface area (Å²) in [6.07, 6.45) is -0.0397. The van der Waals surface area contributed by atoms with Gasteiger partial charge in [0.2, 0.25) is 5.91 Å². The highest BCUT2D eigenvalue weighted by Gasteiger charge is 2.51. The van der Waals surface area contributed by atoms with Crippen LogP contribution in [0.15, 0.2) is 12.7 Å². The fourth-order valence-electron chi connectivity index (χ4n) is 3.02. The highest BCUT2D eigenvalue weighted by atomic mass is 16.7. The number of carbonyl (C=O) groups is 4. The number of allylic oxidation sites excluding steroid dienone is 1. The van der Waals surface area contributed by atoms with Crippen molar-refractivity contribution in [1.29, 1.82) is 0 Å². The summed E-state index contributed by atoms with van der Waals surface area (Å²) in [5.74, 6) is -2.28. The maximum atomic E-state index is 11.8. The Morgan fingerprint density at radius 3 is 2.13 bits per heavy atom. The molecule has 0 aromatic rings. The lowest BCUT2D eigenvalue weighted by atomic mass is 9.96. The summed E-state index contributed by atoms with van der Waals surface area (Å²) in [4.78, 5) is 46.4. The molecule has 1 fully saturated rings. The number of rotatable bonds is 11. The largest absolute Gasteiger partial charge is 0.463 e. The van der Waals surface area contributed by atoms with Gasteiger partial charge in [-0.2, -0.15) is 0 Å². The van der Waals surface area contributed by atoms with Gasteiger partial charge in [0.25, 0.3) is 0 Å². The first-order valence-electron chi connectivity index (χ1n) is 9.78. The van der Waals surface area contributed by atoms with Gasteiger partial charge < -0.3 is 29.0 Å². The quantitative estimate of drug-likeness (QED) is 0.222. The van der Waals surface area contributed by atoms with E-state index in [-0.39, 0.29) is 6.61 Å². The van der Waals surface area contributed by atoms with Crippen molar-refractivity contribution in [3.63, 3.8) is 0 Å². The second-order valence-electron chi connectivity index (χ2n) is 6.88. The van der Waals surface area contributed by atoms with Crippen LogP contribution in [-0.4, -0.2) is 67.7 Å². The molecule has 0 spiro atoms. The van der Waals surface area contributed by atoms with Crippen LogP contribution in [0.2, 0.25) is 0 Å². The molecule has 0 aliphatic carbocycles. The van der Waals surface area contributed by atoms with Gasteiger partial charge in [0.15, 0.2) is 18.5 Å². The maximum absolute atomic E-state index is 11.8. The summed E-state index contributed by atoms with van der Waals surface area (Å²) >= 11 is 0. The molecule has 1 saturated heterocycles.